The van der Waals surface area contributed by atoms with Gasteiger partial charge in [-0.2, -0.15) is 0 Å². The van der Waals surface area contributed by atoms with Gasteiger partial charge >= 0.3 is 0 Å². The normalized spacial score (nSPS) is 10.3. The molecule has 0 aliphatic heterocycles. The van der Waals surface area contributed by atoms with E-state index in [1.165, 1.54) is 11.5 Å². The van der Waals surface area contributed by atoms with E-state index in [1.807, 2.05) is 5.38 Å². The second-order valence-electron chi connectivity index (χ2n) is 1.89. The Kier molecular flexibility index (Phi) is 2.64. The van der Waals surface area contributed by atoms with Gasteiger partial charge in [-0.05, 0) is 11.5 Å². The minimum atomic E-state index is 0.825. The van der Waals surface area contributed by atoms with Crippen LogP contribution >= 0.6 is 34.6 Å². The lowest BCUT2D eigenvalue weighted by Gasteiger charge is -1.89. The predicted octanol–water partition coefficient (Wildman–Crippen LogP) is 1.68. The van der Waals surface area contributed by atoms with E-state index in [9.17, 15) is 0 Å². The molecule has 0 aromatic carbocycles. The zero-order valence-corrected chi connectivity index (χ0v) is 8.32. The van der Waals surface area contributed by atoms with Gasteiger partial charge in [0.05, 0.1) is 5.69 Å². The van der Waals surface area contributed by atoms with Crippen molar-refractivity contribution in [3.05, 3.63) is 16.6 Å². The van der Waals surface area contributed by atoms with Crippen molar-refractivity contribution in [2.24, 2.45) is 0 Å². The molecule has 0 N–H and O–H groups in total. The standard InChI is InChI=1S/C5H4N4S3/c1(4-2-12-9-7-4)10-5-8-6-3-11-5/h2-3H,1H2. The van der Waals surface area contributed by atoms with Crippen LogP contribution in [0.3, 0.4) is 0 Å². The van der Waals surface area contributed by atoms with Crippen molar-refractivity contribution >= 4 is 34.6 Å². The van der Waals surface area contributed by atoms with Gasteiger partial charge in [0.15, 0.2) is 4.34 Å². The molecule has 0 fully saturated rings. The van der Waals surface area contributed by atoms with E-state index in [1.54, 1.807) is 28.6 Å². The molecule has 0 unspecified atom stereocenters. The van der Waals surface area contributed by atoms with Gasteiger partial charge in [-0.3, -0.25) is 0 Å². The first-order valence-electron chi connectivity index (χ1n) is 3.10. The third-order valence-electron chi connectivity index (χ3n) is 1.09. The first-order chi connectivity index (χ1) is 5.95. The van der Waals surface area contributed by atoms with E-state index in [-0.39, 0.29) is 0 Å². The summed E-state index contributed by atoms with van der Waals surface area (Å²) >= 11 is 4.54. The van der Waals surface area contributed by atoms with Crippen LogP contribution in [-0.4, -0.2) is 19.8 Å². The molecule has 0 atom stereocenters. The molecule has 2 rings (SSSR count). The van der Waals surface area contributed by atoms with Gasteiger partial charge in [-0.25, -0.2) is 0 Å². The number of hydrogen-bond donors (Lipinski definition) is 0. The van der Waals surface area contributed by atoms with Crippen molar-refractivity contribution in [3.8, 4) is 0 Å². The minimum absolute atomic E-state index is 0.825. The molecule has 2 aromatic heterocycles. The van der Waals surface area contributed by atoms with Crippen LogP contribution in [0, 0.1) is 0 Å². The number of rotatable bonds is 3. The van der Waals surface area contributed by atoms with Crippen LogP contribution in [0.15, 0.2) is 15.2 Å². The van der Waals surface area contributed by atoms with Gasteiger partial charge in [0.2, 0.25) is 0 Å². The lowest BCUT2D eigenvalue weighted by Crippen LogP contribution is -1.79. The highest BCUT2D eigenvalue weighted by Crippen LogP contribution is 2.22. The molecule has 0 radical (unpaired) electrons. The van der Waals surface area contributed by atoms with E-state index < -0.39 is 0 Å². The van der Waals surface area contributed by atoms with Crippen LogP contribution in [-0.2, 0) is 5.75 Å². The van der Waals surface area contributed by atoms with Crippen molar-refractivity contribution in [1.82, 2.24) is 19.8 Å². The summed E-state index contributed by atoms with van der Waals surface area (Å²) in [6.45, 7) is 0. The minimum Gasteiger partial charge on any atom is -0.146 e. The molecule has 0 aliphatic rings. The average Bonchev–Trinajstić information content (AvgIpc) is 2.74. The summed E-state index contributed by atoms with van der Waals surface area (Å²) in [7, 11) is 0. The maximum Gasteiger partial charge on any atom is 0.174 e. The van der Waals surface area contributed by atoms with E-state index in [4.69, 9.17) is 0 Å². The molecule has 0 amide bonds. The van der Waals surface area contributed by atoms with Crippen LogP contribution in [0.25, 0.3) is 0 Å². The molecule has 0 aliphatic carbocycles. The topological polar surface area (TPSA) is 51.6 Å². The van der Waals surface area contributed by atoms with E-state index >= 15 is 0 Å². The van der Waals surface area contributed by atoms with Crippen LogP contribution < -0.4 is 0 Å². The first kappa shape index (κ1) is 8.09. The Morgan fingerprint density at radius 1 is 1.42 bits per heavy atom. The Labute approximate surface area is 81.2 Å². The van der Waals surface area contributed by atoms with Crippen molar-refractivity contribution in [2.75, 3.05) is 0 Å². The zero-order chi connectivity index (χ0) is 8.23. The summed E-state index contributed by atoms with van der Waals surface area (Å²) in [6, 6.07) is 0. The third-order valence-corrected chi connectivity index (χ3v) is 3.54. The van der Waals surface area contributed by atoms with Crippen molar-refractivity contribution in [1.29, 1.82) is 0 Å². The molecule has 0 bridgehead atoms. The highest BCUT2D eigenvalue weighted by molar-refractivity contribution is 8.00. The average molecular weight is 216 g/mol. The first-order valence-corrected chi connectivity index (χ1v) is 5.80. The number of hydrogen-bond acceptors (Lipinski definition) is 7. The van der Waals surface area contributed by atoms with Crippen LogP contribution in [0.5, 0.6) is 0 Å². The SMILES string of the molecule is c1nnc(SCc2csnn2)s1. The lowest BCUT2D eigenvalue weighted by atomic mass is 10.6. The van der Waals surface area contributed by atoms with E-state index in [0.29, 0.717) is 0 Å². The molecule has 7 heteroatoms. The fourth-order valence-electron chi connectivity index (χ4n) is 0.608. The van der Waals surface area contributed by atoms with E-state index in [2.05, 4.69) is 19.8 Å². The Morgan fingerprint density at radius 3 is 3.08 bits per heavy atom. The summed E-state index contributed by atoms with van der Waals surface area (Å²) in [5, 5.41) is 13.5. The van der Waals surface area contributed by atoms with Gasteiger partial charge in [0.1, 0.15) is 5.51 Å². The Balaban J connectivity index is 1.91. The zero-order valence-electron chi connectivity index (χ0n) is 5.88. The van der Waals surface area contributed by atoms with Crippen molar-refractivity contribution in [3.63, 3.8) is 0 Å². The second-order valence-corrected chi connectivity index (χ2v) is 4.56. The molecule has 2 heterocycles. The quantitative estimate of drug-likeness (QED) is 0.731. The van der Waals surface area contributed by atoms with Gasteiger partial charge in [0, 0.05) is 11.1 Å². The summed E-state index contributed by atoms with van der Waals surface area (Å²) in [6.07, 6.45) is 0. The molecule has 0 spiro atoms. The Bertz CT molecular complexity index is 282. The fraction of sp³-hybridized carbons (Fsp3) is 0.200. The van der Waals surface area contributed by atoms with Crippen molar-refractivity contribution < 1.29 is 0 Å². The lowest BCUT2D eigenvalue weighted by molar-refractivity contribution is 1.01. The molecule has 4 nitrogen and oxygen atoms in total. The molecule has 62 valence electrons. The maximum absolute atomic E-state index is 3.92. The number of aromatic nitrogens is 4. The summed E-state index contributed by atoms with van der Waals surface area (Å²) in [4.78, 5) is 0. The largest absolute Gasteiger partial charge is 0.174 e. The number of nitrogens with zero attached hydrogens (tertiary/aromatic N) is 4. The number of thioether (sulfide) groups is 1. The Hall–Kier alpha value is -0.530. The third kappa shape index (κ3) is 1.99. The van der Waals surface area contributed by atoms with Gasteiger partial charge in [-0.1, -0.05) is 27.6 Å². The summed E-state index contributed by atoms with van der Waals surface area (Å²) in [5.41, 5.74) is 2.72. The highest BCUT2D eigenvalue weighted by Gasteiger charge is 2.00. The molecule has 12 heavy (non-hydrogen) atoms. The second kappa shape index (κ2) is 3.92. The van der Waals surface area contributed by atoms with Gasteiger partial charge in [0.25, 0.3) is 0 Å². The van der Waals surface area contributed by atoms with Crippen LogP contribution in [0.2, 0.25) is 0 Å². The smallest absolute Gasteiger partial charge is 0.146 e. The van der Waals surface area contributed by atoms with Gasteiger partial charge in [-0.15, -0.1) is 15.3 Å². The molecular weight excluding hydrogens is 212 g/mol. The monoisotopic (exact) mass is 216 g/mol. The van der Waals surface area contributed by atoms with E-state index in [0.717, 1.165) is 15.8 Å². The molecule has 0 saturated heterocycles. The van der Waals surface area contributed by atoms with Crippen LogP contribution in [0.4, 0.5) is 0 Å². The molecule has 0 saturated carbocycles. The predicted molar refractivity (Wildman–Crippen MR) is 49.4 cm³/mol. The summed E-state index contributed by atoms with van der Waals surface area (Å²) in [5.74, 6) is 0.825. The van der Waals surface area contributed by atoms with Crippen molar-refractivity contribution in [2.45, 2.75) is 10.1 Å². The summed E-state index contributed by atoms with van der Waals surface area (Å²) < 4.78 is 4.74. The molecular formula is C5H4N4S3. The van der Waals surface area contributed by atoms with Gasteiger partial charge < -0.3 is 0 Å². The highest BCUT2D eigenvalue weighted by atomic mass is 32.2. The fourth-order valence-corrected chi connectivity index (χ4v) is 2.54. The van der Waals surface area contributed by atoms with Crippen LogP contribution in [0.1, 0.15) is 5.69 Å². The maximum atomic E-state index is 3.92. The molecule has 2 aromatic rings. The Morgan fingerprint density at radius 2 is 2.42 bits per heavy atom.